The minimum atomic E-state index is -0.663. The van der Waals surface area contributed by atoms with Crippen molar-refractivity contribution in [3.8, 4) is 39.6 Å². The van der Waals surface area contributed by atoms with Gasteiger partial charge in [0, 0.05) is 39.5 Å². The number of rotatable bonds is 6. The Morgan fingerprint density at radius 2 is 0.933 bits per heavy atom. The smallest absolute Gasteiger partial charge is 0.260 e. The number of methoxy groups -OCH3 is 1. The Morgan fingerprint density at radius 1 is 0.511 bits per heavy atom. The first kappa shape index (κ1) is 28.1. The molecule has 220 valence electrons. The van der Waals surface area contributed by atoms with Crippen molar-refractivity contribution in [2.45, 2.75) is 19.8 Å². The first-order valence-electron chi connectivity index (χ1n) is 15.0. The van der Waals surface area contributed by atoms with Gasteiger partial charge in [0.05, 0.1) is 18.5 Å². The number of hydrogen-bond donors (Lipinski definition) is 0. The third kappa shape index (κ3) is 4.83. The highest BCUT2D eigenvalue weighted by Crippen LogP contribution is 2.42. The second kappa shape index (κ2) is 11.4. The molecule has 5 heteroatoms. The van der Waals surface area contributed by atoms with Crippen molar-refractivity contribution < 1.29 is 4.74 Å². The number of aryl methyl sites for hydroxylation is 2. The van der Waals surface area contributed by atoms with Gasteiger partial charge in [0.1, 0.15) is 5.75 Å². The lowest BCUT2D eigenvalue weighted by atomic mass is 9.83. The van der Waals surface area contributed by atoms with E-state index in [1.807, 2.05) is 147 Å². The maximum atomic E-state index is 14.8. The first-order valence-corrected chi connectivity index (χ1v) is 15.0. The van der Waals surface area contributed by atoms with Crippen molar-refractivity contribution in [3.05, 3.63) is 182 Å². The molecule has 0 saturated carbocycles. The Labute approximate surface area is 261 Å². The van der Waals surface area contributed by atoms with Crippen LogP contribution in [0.4, 0.5) is 0 Å². The van der Waals surface area contributed by atoms with Gasteiger partial charge in [-0.1, -0.05) is 96.1 Å². The van der Waals surface area contributed by atoms with Crippen molar-refractivity contribution >= 4 is 0 Å². The van der Waals surface area contributed by atoms with E-state index in [4.69, 9.17) is 4.74 Å². The number of ether oxygens (including phenoxy) is 1. The van der Waals surface area contributed by atoms with Crippen molar-refractivity contribution in [1.29, 1.82) is 0 Å². The van der Waals surface area contributed by atoms with E-state index in [1.165, 1.54) is 0 Å². The fraction of sp³-hybridized carbons (Fsp3) is 0.100. The molecule has 0 radical (unpaired) electrons. The second-order valence-electron chi connectivity index (χ2n) is 11.4. The molecule has 4 aliphatic rings. The number of hydrogen-bond acceptors (Lipinski definition) is 3. The van der Waals surface area contributed by atoms with Gasteiger partial charge in [0.25, 0.3) is 11.1 Å². The summed E-state index contributed by atoms with van der Waals surface area (Å²) in [6, 6.07) is 43.2. The average Bonchev–Trinajstić information content (AvgIpc) is 3.25. The van der Waals surface area contributed by atoms with Crippen molar-refractivity contribution in [3.63, 3.8) is 0 Å². The van der Waals surface area contributed by atoms with Gasteiger partial charge in [0.2, 0.25) is 0 Å². The van der Waals surface area contributed by atoms with Crippen LogP contribution in [0.15, 0.2) is 143 Å². The lowest BCUT2D eigenvalue weighted by molar-refractivity contribution is 0.414. The lowest BCUT2D eigenvalue weighted by Crippen LogP contribution is -2.24. The molecule has 0 aromatic heterocycles. The van der Waals surface area contributed by atoms with Crippen LogP contribution in [0.2, 0.25) is 0 Å². The fourth-order valence-electron chi connectivity index (χ4n) is 6.34. The zero-order valence-electron chi connectivity index (χ0n) is 25.4. The molecule has 2 aliphatic heterocycles. The topological polar surface area (TPSA) is 53.2 Å². The lowest BCUT2D eigenvalue weighted by Gasteiger charge is -2.17. The molecule has 45 heavy (non-hydrogen) atoms. The Balaban J connectivity index is 1.60. The van der Waals surface area contributed by atoms with Gasteiger partial charge in [-0.2, -0.15) is 0 Å². The zero-order chi connectivity index (χ0) is 31.1. The minimum absolute atomic E-state index is 0.156. The molecular formula is C40H32N2O3. The van der Waals surface area contributed by atoms with Crippen molar-refractivity contribution in [1.82, 2.24) is 9.13 Å². The van der Waals surface area contributed by atoms with Gasteiger partial charge in [-0.05, 0) is 67.9 Å². The van der Waals surface area contributed by atoms with Crippen molar-refractivity contribution in [2.24, 2.45) is 0 Å². The molecule has 5 nitrogen and oxygen atoms in total. The molecule has 0 bridgehead atoms. The summed E-state index contributed by atoms with van der Waals surface area (Å²) in [5, 5.41) is 0. The summed E-state index contributed by atoms with van der Waals surface area (Å²) in [4.78, 5) is 29.7. The highest BCUT2D eigenvalue weighted by molar-refractivity contribution is 5.77. The van der Waals surface area contributed by atoms with Gasteiger partial charge in [-0.25, -0.2) is 0 Å². The fourth-order valence-corrected chi connectivity index (χ4v) is 6.34. The average molecular weight is 589 g/mol. The van der Waals surface area contributed by atoms with E-state index in [0.29, 0.717) is 16.9 Å². The molecule has 0 unspecified atom stereocenters. The molecule has 0 saturated heterocycles. The molecule has 0 N–H and O–H groups in total. The number of nitrogens with zero attached hydrogens (tertiary/aromatic N) is 2. The molecule has 7 rings (SSSR count). The maximum absolute atomic E-state index is 14.8. The van der Waals surface area contributed by atoms with Crippen LogP contribution in [0.25, 0.3) is 33.9 Å². The largest absolute Gasteiger partial charge is 0.497 e. The molecule has 3 aromatic carbocycles. The number of fused-ring (bicyclic) bond motifs is 2. The van der Waals surface area contributed by atoms with Gasteiger partial charge in [-0.15, -0.1) is 0 Å². The zero-order valence-corrected chi connectivity index (χ0v) is 25.4. The first-order chi connectivity index (χ1) is 22.0. The van der Waals surface area contributed by atoms with E-state index in [2.05, 4.69) is 0 Å². The second-order valence-corrected chi connectivity index (χ2v) is 11.4. The molecule has 0 amide bonds. The summed E-state index contributed by atoms with van der Waals surface area (Å²) in [5.41, 5.74) is 8.54. The summed E-state index contributed by atoms with van der Waals surface area (Å²) in [5.74, 6) is 0.0354. The highest BCUT2D eigenvalue weighted by atomic mass is 16.5. The summed E-state index contributed by atoms with van der Waals surface area (Å²) in [6.45, 7) is 4.06. The minimum Gasteiger partial charge on any atom is -0.497 e. The normalized spacial score (nSPS) is 11.4. The molecule has 0 fully saturated rings. The van der Waals surface area contributed by atoms with E-state index >= 15 is 0 Å². The predicted octanol–water partition coefficient (Wildman–Crippen LogP) is 8.00. The van der Waals surface area contributed by atoms with Gasteiger partial charge >= 0.3 is 0 Å². The molecule has 0 atom stereocenters. The molecule has 2 aliphatic carbocycles. The predicted molar refractivity (Wildman–Crippen MR) is 181 cm³/mol. The van der Waals surface area contributed by atoms with Crippen LogP contribution in [0.1, 0.15) is 33.7 Å². The van der Waals surface area contributed by atoms with E-state index in [1.54, 1.807) is 16.2 Å². The Bertz CT molecular complexity index is 2050. The van der Waals surface area contributed by atoms with Crippen LogP contribution in [0.5, 0.6) is 5.75 Å². The Hall–Kier alpha value is -5.68. The number of benzene rings is 3. The standard InChI is InChI=1S/C40H32N2O3/c1-26-14-20-29(21-15-26)41-34-12-8-4-6-10-32(34)37(39(41)43)36(28-18-24-31(45-3)25-19-28)38-33-11-7-5-9-13-35(33)42(40(38)44)30-22-16-27(2)17-23-30/h4-25,36H,1-3H3. The third-order valence-electron chi connectivity index (χ3n) is 8.57. The van der Waals surface area contributed by atoms with E-state index in [9.17, 15) is 9.59 Å². The van der Waals surface area contributed by atoms with Crippen LogP contribution in [-0.4, -0.2) is 16.2 Å². The van der Waals surface area contributed by atoms with Crippen LogP contribution in [0.3, 0.4) is 0 Å². The molecule has 0 spiro atoms. The summed E-state index contributed by atoms with van der Waals surface area (Å²) in [6.07, 6.45) is 0. The maximum Gasteiger partial charge on any atom is 0.260 e. The Morgan fingerprint density at radius 3 is 1.36 bits per heavy atom. The summed E-state index contributed by atoms with van der Waals surface area (Å²) in [7, 11) is 1.63. The molecule has 3 aromatic rings. The van der Waals surface area contributed by atoms with Gasteiger partial charge in [-0.3, -0.25) is 18.7 Å². The van der Waals surface area contributed by atoms with Crippen LogP contribution in [-0.2, 0) is 0 Å². The quantitative estimate of drug-likeness (QED) is 0.198. The van der Waals surface area contributed by atoms with E-state index in [0.717, 1.165) is 50.6 Å². The summed E-state index contributed by atoms with van der Waals surface area (Å²) < 4.78 is 9.02. The van der Waals surface area contributed by atoms with Crippen LogP contribution >= 0.6 is 0 Å². The van der Waals surface area contributed by atoms with Crippen LogP contribution in [0, 0.1) is 13.8 Å². The third-order valence-corrected chi connectivity index (χ3v) is 8.57. The summed E-state index contributed by atoms with van der Waals surface area (Å²) >= 11 is 0. The van der Waals surface area contributed by atoms with Gasteiger partial charge < -0.3 is 4.74 Å². The van der Waals surface area contributed by atoms with Gasteiger partial charge in [0.15, 0.2) is 0 Å². The molecule has 2 heterocycles. The molecular weight excluding hydrogens is 556 g/mol. The van der Waals surface area contributed by atoms with Crippen LogP contribution < -0.4 is 15.9 Å². The highest BCUT2D eigenvalue weighted by Gasteiger charge is 2.35. The SMILES string of the molecule is COc1ccc(C(c2c3cccccc-3n(-c3ccc(C)cc3)c2=O)c2c3cccccc-3n(-c3ccc(C)cc3)c2=O)cc1. The van der Waals surface area contributed by atoms with Crippen molar-refractivity contribution in [2.75, 3.05) is 7.11 Å². The van der Waals surface area contributed by atoms with E-state index < -0.39 is 5.92 Å². The Kier molecular flexibility index (Phi) is 7.14. The monoisotopic (exact) mass is 588 g/mol. The van der Waals surface area contributed by atoms with E-state index in [-0.39, 0.29) is 11.1 Å². The number of aromatic nitrogens is 2.